The zero-order valence-corrected chi connectivity index (χ0v) is 9.00. The molecule has 5 heteroatoms. The first-order valence-electron chi connectivity index (χ1n) is 3.45. The molecule has 0 aromatic rings. The summed E-state index contributed by atoms with van der Waals surface area (Å²) >= 11 is 0. The summed E-state index contributed by atoms with van der Waals surface area (Å²) in [6.07, 6.45) is 1.29. The first-order chi connectivity index (χ1) is 4.71. The highest BCUT2D eigenvalue weighted by Gasteiger charge is 2.34. The van der Waals surface area contributed by atoms with E-state index in [1.54, 1.807) is 5.70 Å². The van der Waals surface area contributed by atoms with E-state index >= 15 is 0 Å². The third-order valence-electron chi connectivity index (χ3n) is 0.967. The molecule has 11 heavy (non-hydrogen) atoms. The van der Waals surface area contributed by atoms with Gasteiger partial charge in [0.2, 0.25) is 0 Å². The molecular weight excluding hydrogens is 185 g/mol. The van der Waals surface area contributed by atoms with Gasteiger partial charge >= 0.3 is 9.08 Å². The van der Waals surface area contributed by atoms with E-state index in [0.29, 0.717) is 0 Å². The van der Waals surface area contributed by atoms with Crippen molar-refractivity contribution in [1.29, 1.82) is 0 Å². The van der Waals surface area contributed by atoms with Gasteiger partial charge in [-0.3, -0.25) is 0 Å². The molecule has 0 aliphatic rings. The third kappa shape index (κ3) is 9.96. The van der Waals surface area contributed by atoms with Gasteiger partial charge in [-0.1, -0.05) is 31.4 Å². The Bertz CT molecular complexity index is 143. The van der Waals surface area contributed by atoms with Crippen LogP contribution in [0.1, 0.15) is 0 Å². The number of halogens is 3. The van der Waals surface area contributed by atoms with Gasteiger partial charge in [0.25, 0.3) is 0 Å². The molecule has 0 aliphatic heterocycles. The number of hydrogen-bond donors (Lipinski definition) is 0. The van der Waals surface area contributed by atoms with E-state index in [2.05, 4.69) is 0 Å². The highest BCUT2D eigenvalue weighted by molar-refractivity contribution is 6.81. The Kier molecular flexibility index (Phi) is 3.56. The molecule has 0 amide bonds. The number of allylic oxidation sites excluding steroid dienone is 1. The molecule has 66 valence electrons. The van der Waals surface area contributed by atoms with Crippen LogP contribution in [0.15, 0.2) is 11.8 Å². The van der Waals surface area contributed by atoms with E-state index in [-0.39, 0.29) is 0 Å². The van der Waals surface area contributed by atoms with Gasteiger partial charge in [-0.05, 0) is 0 Å². The first-order valence-corrected chi connectivity index (χ1v) is 8.87. The second-order valence-corrected chi connectivity index (χ2v) is 10.3. The minimum atomic E-state index is -5.32. The van der Waals surface area contributed by atoms with E-state index in [0.717, 1.165) is 0 Å². The average molecular weight is 198 g/mol. The van der Waals surface area contributed by atoms with Gasteiger partial charge in [-0.25, -0.2) is 12.3 Å². The van der Waals surface area contributed by atoms with Crippen LogP contribution in [0.3, 0.4) is 0 Å². The second-order valence-electron chi connectivity index (χ2n) is 3.59. The van der Waals surface area contributed by atoms with Gasteiger partial charge in [0.15, 0.2) is 0 Å². The molecular formula is C6H13F3Si2. The first kappa shape index (κ1) is 11.0. The van der Waals surface area contributed by atoms with Gasteiger partial charge in [-0.15, -0.1) is 0 Å². The zero-order valence-electron chi connectivity index (χ0n) is 7.00. The molecule has 0 spiro atoms. The largest absolute Gasteiger partial charge is 0.620 e. The van der Waals surface area contributed by atoms with Crippen molar-refractivity contribution >= 4 is 17.1 Å². The fourth-order valence-electron chi connectivity index (χ4n) is 0.546. The Hall–Kier alpha value is -0.0362. The maximum atomic E-state index is 11.7. The molecule has 0 heterocycles. The molecule has 0 radical (unpaired) electrons. The molecule has 0 fully saturated rings. The van der Waals surface area contributed by atoms with E-state index in [4.69, 9.17) is 0 Å². The summed E-state index contributed by atoms with van der Waals surface area (Å²) in [5.41, 5.74) is 1.74. The molecule has 0 N–H and O–H groups in total. The van der Waals surface area contributed by atoms with Crippen LogP contribution in [-0.2, 0) is 0 Å². The number of rotatable bonds is 3. The summed E-state index contributed by atoms with van der Waals surface area (Å²) < 4.78 is 35.2. The zero-order chi connectivity index (χ0) is 9.12. The summed E-state index contributed by atoms with van der Waals surface area (Å²) in [5.74, 6) is 0. The lowest BCUT2D eigenvalue weighted by atomic mass is 10.8. The van der Waals surface area contributed by atoms with Crippen LogP contribution in [0.25, 0.3) is 0 Å². The molecule has 0 aromatic carbocycles. The minimum absolute atomic E-state index is 0.655. The van der Waals surface area contributed by atoms with Crippen molar-refractivity contribution in [3.8, 4) is 0 Å². The van der Waals surface area contributed by atoms with Crippen LogP contribution in [-0.4, -0.2) is 17.1 Å². The fourth-order valence-corrected chi connectivity index (χ4v) is 1.99. The van der Waals surface area contributed by atoms with Crippen LogP contribution in [0.5, 0.6) is 0 Å². The SMILES string of the molecule is C[Si](C)(C)/C=C/C[Si](F)(F)F. The Morgan fingerprint density at radius 2 is 1.55 bits per heavy atom. The lowest BCUT2D eigenvalue weighted by Gasteiger charge is -2.07. The molecule has 0 saturated heterocycles. The number of hydrogen-bond acceptors (Lipinski definition) is 0. The lowest BCUT2D eigenvalue weighted by molar-refractivity contribution is 0.478. The molecule has 0 nitrogen and oxygen atoms in total. The topological polar surface area (TPSA) is 0 Å². The summed E-state index contributed by atoms with van der Waals surface area (Å²) in [6, 6.07) is -0.655. The standard InChI is InChI=1S/C6H13F3Si2/c1-10(2,3)5-4-6-11(7,8)9/h4-5H,6H2,1-3H3/b5-4+. The maximum absolute atomic E-state index is 11.7. The van der Waals surface area contributed by atoms with Gasteiger partial charge in [-0.2, -0.15) is 0 Å². The second kappa shape index (κ2) is 3.58. The fraction of sp³-hybridized carbons (Fsp3) is 0.667. The monoisotopic (exact) mass is 198 g/mol. The van der Waals surface area contributed by atoms with E-state index in [1.165, 1.54) is 6.08 Å². The van der Waals surface area contributed by atoms with E-state index in [1.807, 2.05) is 19.6 Å². The molecule has 0 aliphatic carbocycles. The Morgan fingerprint density at radius 1 is 1.09 bits per heavy atom. The lowest BCUT2D eigenvalue weighted by Crippen LogP contribution is -2.17. The summed E-state index contributed by atoms with van der Waals surface area (Å²) in [5, 5.41) is 0. The van der Waals surface area contributed by atoms with Gasteiger partial charge < -0.3 is 0 Å². The highest BCUT2D eigenvalue weighted by atomic mass is 28.5. The van der Waals surface area contributed by atoms with Crippen LogP contribution in [0.2, 0.25) is 25.7 Å². The quantitative estimate of drug-likeness (QED) is 0.482. The summed E-state index contributed by atoms with van der Waals surface area (Å²) in [6.45, 7) is 6.05. The van der Waals surface area contributed by atoms with Crippen LogP contribution in [0, 0.1) is 0 Å². The van der Waals surface area contributed by atoms with Crippen LogP contribution >= 0.6 is 0 Å². The Morgan fingerprint density at radius 3 is 1.82 bits per heavy atom. The van der Waals surface area contributed by atoms with Crippen molar-refractivity contribution < 1.29 is 12.3 Å². The average Bonchev–Trinajstić information content (AvgIpc) is 1.55. The van der Waals surface area contributed by atoms with Crippen LogP contribution in [0.4, 0.5) is 12.3 Å². The summed E-state index contributed by atoms with van der Waals surface area (Å²) in [7, 11) is -6.74. The smallest absolute Gasteiger partial charge is 0.237 e. The molecule has 0 rings (SSSR count). The third-order valence-corrected chi connectivity index (χ3v) is 2.90. The Balaban J connectivity index is 3.80. The van der Waals surface area contributed by atoms with Crippen molar-refractivity contribution in [2.45, 2.75) is 25.7 Å². The predicted molar refractivity (Wildman–Crippen MR) is 46.4 cm³/mol. The minimum Gasteiger partial charge on any atom is -0.237 e. The predicted octanol–water partition coefficient (Wildman–Crippen LogP) is 3.27. The van der Waals surface area contributed by atoms with Crippen molar-refractivity contribution in [2.75, 3.05) is 0 Å². The van der Waals surface area contributed by atoms with Gasteiger partial charge in [0, 0.05) is 6.04 Å². The molecule has 0 aromatic heterocycles. The maximum Gasteiger partial charge on any atom is 0.620 e. The van der Waals surface area contributed by atoms with Crippen molar-refractivity contribution in [1.82, 2.24) is 0 Å². The van der Waals surface area contributed by atoms with Crippen molar-refractivity contribution in [2.24, 2.45) is 0 Å². The molecule has 0 atom stereocenters. The van der Waals surface area contributed by atoms with E-state index in [9.17, 15) is 12.3 Å². The Labute approximate surface area is 67.7 Å². The van der Waals surface area contributed by atoms with Crippen molar-refractivity contribution in [3.63, 3.8) is 0 Å². The molecule has 0 unspecified atom stereocenters. The highest BCUT2D eigenvalue weighted by Crippen LogP contribution is 2.15. The van der Waals surface area contributed by atoms with Crippen molar-refractivity contribution in [3.05, 3.63) is 11.8 Å². The van der Waals surface area contributed by atoms with Gasteiger partial charge in [0.05, 0.1) is 8.07 Å². The van der Waals surface area contributed by atoms with Gasteiger partial charge in [0.1, 0.15) is 0 Å². The molecule has 0 saturated carbocycles. The molecule has 0 bridgehead atoms. The normalized spacial score (nSPS) is 14.4. The van der Waals surface area contributed by atoms with E-state index < -0.39 is 23.2 Å². The van der Waals surface area contributed by atoms with Crippen LogP contribution < -0.4 is 0 Å². The summed E-state index contributed by atoms with van der Waals surface area (Å²) in [4.78, 5) is 0.